The van der Waals surface area contributed by atoms with Crippen LogP contribution in [0, 0.1) is 0 Å². The van der Waals surface area contributed by atoms with Crippen molar-refractivity contribution in [3.8, 4) is 0 Å². The Morgan fingerprint density at radius 3 is 2.65 bits per heavy atom. The molecule has 0 radical (unpaired) electrons. The smallest absolute Gasteiger partial charge is 0.0787 e. The molecule has 1 rings (SSSR count). The van der Waals surface area contributed by atoms with Crippen molar-refractivity contribution in [2.45, 2.75) is 64.1 Å². The maximum atomic E-state index is 5.61. The molecule has 17 heavy (non-hydrogen) atoms. The van der Waals surface area contributed by atoms with E-state index < -0.39 is 0 Å². The van der Waals surface area contributed by atoms with E-state index in [4.69, 9.17) is 4.74 Å². The summed E-state index contributed by atoms with van der Waals surface area (Å²) in [6.07, 6.45) is 5.37. The first-order valence-electron chi connectivity index (χ1n) is 7.01. The minimum atomic E-state index is -0.107. The second-order valence-electron chi connectivity index (χ2n) is 5.70. The van der Waals surface area contributed by atoms with Gasteiger partial charge in [-0.05, 0) is 46.7 Å². The highest BCUT2D eigenvalue weighted by molar-refractivity contribution is 4.89. The SMILES string of the molecule is CCC1CCCCN1CC(NC)C(C)(C)OC. The van der Waals surface area contributed by atoms with Crippen LogP contribution < -0.4 is 5.32 Å². The maximum absolute atomic E-state index is 5.61. The molecule has 3 nitrogen and oxygen atoms in total. The van der Waals surface area contributed by atoms with Gasteiger partial charge in [0.1, 0.15) is 0 Å². The Bertz CT molecular complexity index is 218. The first kappa shape index (κ1) is 14.9. The largest absolute Gasteiger partial charge is 0.377 e. The Balaban J connectivity index is 2.60. The predicted molar refractivity (Wildman–Crippen MR) is 73.4 cm³/mol. The Hall–Kier alpha value is -0.120. The van der Waals surface area contributed by atoms with Gasteiger partial charge in [-0.3, -0.25) is 4.90 Å². The van der Waals surface area contributed by atoms with Gasteiger partial charge in [0.25, 0.3) is 0 Å². The Labute approximate surface area is 107 Å². The number of hydrogen-bond donors (Lipinski definition) is 1. The van der Waals surface area contributed by atoms with Gasteiger partial charge in [-0.15, -0.1) is 0 Å². The molecule has 2 atom stereocenters. The maximum Gasteiger partial charge on any atom is 0.0787 e. The molecule has 0 bridgehead atoms. The van der Waals surface area contributed by atoms with Gasteiger partial charge in [-0.25, -0.2) is 0 Å². The average Bonchev–Trinajstić information content (AvgIpc) is 2.36. The summed E-state index contributed by atoms with van der Waals surface area (Å²) in [5.74, 6) is 0. The topological polar surface area (TPSA) is 24.5 Å². The molecule has 3 heteroatoms. The van der Waals surface area contributed by atoms with E-state index in [1.165, 1.54) is 32.2 Å². The number of nitrogens with one attached hydrogen (secondary N) is 1. The zero-order valence-corrected chi connectivity index (χ0v) is 12.3. The zero-order valence-electron chi connectivity index (χ0n) is 12.3. The molecule has 1 heterocycles. The van der Waals surface area contributed by atoms with Gasteiger partial charge in [0.05, 0.1) is 5.60 Å². The number of piperidine rings is 1. The van der Waals surface area contributed by atoms with E-state index in [1.807, 2.05) is 7.05 Å². The third kappa shape index (κ3) is 3.94. The van der Waals surface area contributed by atoms with Crippen molar-refractivity contribution in [3.05, 3.63) is 0 Å². The van der Waals surface area contributed by atoms with Gasteiger partial charge >= 0.3 is 0 Å². The highest BCUT2D eigenvalue weighted by Crippen LogP contribution is 2.22. The molecule has 1 aliphatic rings. The van der Waals surface area contributed by atoms with E-state index in [-0.39, 0.29) is 5.60 Å². The molecule has 2 unspecified atom stereocenters. The lowest BCUT2D eigenvalue weighted by atomic mass is 9.94. The van der Waals surface area contributed by atoms with Gasteiger partial charge in [-0.1, -0.05) is 13.3 Å². The summed E-state index contributed by atoms with van der Waals surface area (Å²) in [6.45, 7) is 8.98. The van der Waals surface area contributed by atoms with Gasteiger partial charge in [0.15, 0.2) is 0 Å². The summed E-state index contributed by atoms with van der Waals surface area (Å²) < 4.78 is 5.61. The monoisotopic (exact) mass is 242 g/mol. The molecule has 0 aromatic rings. The van der Waals surface area contributed by atoms with Crippen molar-refractivity contribution in [2.24, 2.45) is 0 Å². The molecule has 0 aliphatic carbocycles. The lowest BCUT2D eigenvalue weighted by Gasteiger charge is -2.41. The molecule has 102 valence electrons. The highest BCUT2D eigenvalue weighted by atomic mass is 16.5. The molecule has 0 aromatic heterocycles. The fourth-order valence-corrected chi connectivity index (χ4v) is 2.80. The fraction of sp³-hybridized carbons (Fsp3) is 1.00. The number of nitrogens with zero attached hydrogens (tertiary/aromatic N) is 1. The van der Waals surface area contributed by atoms with Crippen LogP contribution in [0.25, 0.3) is 0 Å². The van der Waals surface area contributed by atoms with Crippen LogP contribution >= 0.6 is 0 Å². The first-order chi connectivity index (χ1) is 8.05. The Kier molecular flexibility index (Phi) is 5.90. The van der Waals surface area contributed by atoms with Crippen molar-refractivity contribution in [1.29, 1.82) is 0 Å². The van der Waals surface area contributed by atoms with Crippen LogP contribution in [0.2, 0.25) is 0 Å². The van der Waals surface area contributed by atoms with Crippen molar-refractivity contribution >= 4 is 0 Å². The lowest BCUT2D eigenvalue weighted by molar-refractivity contribution is -0.0246. The first-order valence-corrected chi connectivity index (χ1v) is 7.01. The molecule has 0 spiro atoms. The summed E-state index contributed by atoms with van der Waals surface area (Å²) in [6, 6.07) is 1.16. The minimum Gasteiger partial charge on any atom is -0.377 e. The second-order valence-corrected chi connectivity index (χ2v) is 5.70. The highest BCUT2D eigenvalue weighted by Gasteiger charge is 2.32. The van der Waals surface area contributed by atoms with E-state index in [9.17, 15) is 0 Å². The third-order valence-electron chi connectivity index (χ3n) is 4.35. The van der Waals surface area contributed by atoms with E-state index in [1.54, 1.807) is 7.11 Å². The predicted octanol–water partition coefficient (Wildman–Crippen LogP) is 2.26. The van der Waals surface area contributed by atoms with Crippen molar-refractivity contribution in [3.63, 3.8) is 0 Å². The van der Waals surface area contributed by atoms with Gasteiger partial charge in [0, 0.05) is 25.7 Å². The summed E-state index contributed by atoms with van der Waals surface area (Å²) in [5.41, 5.74) is -0.107. The fourth-order valence-electron chi connectivity index (χ4n) is 2.80. The zero-order chi connectivity index (χ0) is 12.9. The number of likely N-dealkylation sites (N-methyl/N-ethyl adjacent to an activating group) is 1. The van der Waals surface area contributed by atoms with E-state index in [0.717, 1.165) is 12.6 Å². The van der Waals surface area contributed by atoms with E-state index in [0.29, 0.717) is 6.04 Å². The number of methoxy groups -OCH3 is 1. The third-order valence-corrected chi connectivity index (χ3v) is 4.35. The van der Waals surface area contributed by atoms with Crippen molar-refractivity contribution in [1.82, 2.24) is 10.2 Å². The van der Waals surface area contributed by atoms with Gasteiger partial charge < -0.3 is 10.1 Å². The van der Waals surface area contributed by atoms with Crippen LogP contribution in [0.4, 0.5) is 0 Å². The molecule has 1 fully saturated rings. The molecule has 1 N–H and O–H groups in total. The summed E-state index contributed by atoms with van der Waals surface area (Å²) >= 11 is 0. The van der Waals surface area contributed by atoms with Crippen LogP contribution in [0.5, 0.6) is 0 Å². The van der Waals surface area contributed by atoms with Crippen LogP contribution in [0.1, 0.15) is 46.5 Å². The molecular formula is C14H30N2O. The quantitative estimate of drug-likeness (QED) is 0.773. The number of rotatable bonds is 6. The van der Waals surface area contributed by atoms with E-state index in [2.05, 4.69) is 31.0 Å². The molecular weight excluding hydrogens is 212 g/mol. The lowest BCUT2D eigenvalue weighted by Crippen LogP contribution is -2.55. The normalized spacial score (nSPS) is 24.9. The van der Waals surface area contributed by atoms with Crippen LogP contribution in [0.3, 0.4) is 0 Å². The molecule has 1 aliphatic heterocycles. The summed E-state index contributed by atoms with van der Waals surface area (Å²) in [4.78, 5) is 2.64. The molecule has 1 saturated heterocycles. The minimum absolute atomic E-state index is 0.107. The van der Waals surface area contributed by atoms with Crippen molar-refractivity contribution in [2.75, 3.05) is 27.2 Å². The summed E-state index contributed by atoms with van der Waals surface area (Å²) in [7, 11) is 3.84. The molecule has 0 amide bonds. The van der Waals surface area contributed by atoms with Crippen LogP contribution in [0.15, 0.2) is 0 Å². The number of likely N-dealkylation sites (tertiary alicyclic amines) is 1. The average molecular weight is 242 g/mol. The van der Waals surface area contributed by atoms with Crippen molar-refractivity contribution < 1.29 is 4.74 Å². The standard InChI is InChI=1S/C14H30N2O/c1-6-12-9-7-8-10-16(12)11-13(15-4)14(2,3)17-5/h12-13,15H,6-11H2,1-5H3. The van der Waals surface area contributed by atoms with Gasteiger partial charge in [0.2, 0.25) is 0 Å². The van der Waals surface area contributed by atoms with Crippen LogP contribution in [-0.4, -0.2) is 49.8 Å². The number of ether oxygens (including phenoxy) is 1. The molecule has 0 aromatic carbocycles. The molecule has 0 saturated carbocycles. The summed E-state index contributed by atoms with van der Waals surface area (Å²) in [5, 5.41) is 3.42. The Morgan fingerprint density at radius 2 is 2.12 bits per heavy atom. The Morgan fingerprint density at radius 1 is 1.41 bits per heavy atom. The van der Waals surface area contributed by atoms with E-state index >= 15 is 0 Å². The second kappa shape index (κ2) is 6.72. The van der Waals surface area contributed by atoms with Gasteiger partial charge in [-0.2, -0.15) is 0 Å². The number of hydrogen-bond acceptors (Lipinski definition) is 3. The van der Waals surface area contributed by atoms with Crippen LogP contribution in [-0.2, 0) is 4.74 Å².